The molecule has 100 valence electrons. The van der Waals surface area contributed by atoms with E-state index in [0.717, 1.165) is 31.7 Å². The van der Waals surface area contributed by atoms with Crippen LogP contribution < -0.4 is 0 Å². The molecule has 0 radical (unpaired) electrons. The van der Waals surface area contributed by atoms with E-state index >= 15 is 0 Å². The van der Waals surface area contributed by atoms with Gasteiger partial charge in [0.15, 0.2) is 0 Å². The van der Waals surface area contributed by atoms with Gasteiger partial charge in [0.1, 0.15) is 0 Å². The molecule has 1 unspecified atom stereocenters. The van der Waals surface area contributed by atoms with Gasteiger partial charge < -0.3 is 0 Å². The monoisotopic (exact) mass is 256 g/mol. The normalized spacial score (nSPS) is 20.0. The Morgan fingerprint density at radius 3 is 2.68 bits per heavy atom. The minimum Gasteiger partial charge on any atom is -0.297 e. The van der Waals surface area contributed by atoms with Crippen molar-refractivity contribution in [2.75, 3.05) is 13.1 Å². The van der Waals surface area contributed by atoms with Crippen molar-refractivity contribution in [1.29, 1.82) is 0 Å². The van der Waals surface area contributed by atoms with Crippen LogP contribution in [0.3, 0.4) is 0 Å². The van der Waals surface area contributed by atoms with E-state index in [1.165, 1.54) is 11.3 Å². The Labute approximate surface area is 114 Å². The van der Waals surface area contributed by atoms with Crippen LogP contribution in [0.2, 0.25) is 0 Å². The third-order valence-electron chi connectivity index (χ3n) is 4.00. The SMILES string of the molecule is Cc1nnn(C2CCN(Cc3ccccc3)C2)c1C. The first-order chi connectivity index (χ1) is 9.24. The van der Waals surface area contributed by atoms with Crippen LogP contribution in [-0.2, 0) is 6.54 Å². The molecule has 1 aliphatic heterocycles. The Morgan fingerprint density at radius 2 is 2.00 bits per heavy atom. The number of nitrogens with zero attached hydrogens (tertiary/aromatic N) is 4. The van der Waals surface area contributed by atoms with Gasteiger partial charge in [-0.2, -0.15) is 0 Å². The average molecular weight is 256 g/mol. The highest BCUT2D eigenvalue weighted by Crippen LogP contribution is 2.24. The number of hydrogen-bond donors (Lipinski definition) is 0. The highest BCUT2D eigenvalue weighted by molar-refractivity contribution is 5.15. The standard InChI is InChI=1S/C15H20N4/c1-12-13(2)19(17-16-12)15-8-9-18(11-15)10-14-6-4-3-5-7-14/h3-7,15H,8-11H2,1-2H3. The van der Waals surface area contributed by atoms with Gasteiger partial charge in [-0.05, 0) is 25.8 Å². The van der Waals surface area contributed by atoms with Crippen LogP contribution in [0.4, 0.5) is 0 Å². The molecule has 0 bridgehead atoms. The van der Waals surface area contributed by atoms with Crippen LogP contribution in [0.1, 0.15) is 29.4 Å². The number of rotatable bonds is 3. The highest BCUT2D eigenvalue weighted by Gasteiger charge is 2.26. The summed E-state index contributed by atoms with van der Waals surface area (Å²) in [6.07, 6.45) is 1.16. The summed E-state index contributed by atoms with van der Waals surface area (Å²) in [5, 5.41) is 8.44. The summed E-state index contributed by atoms with van der Waals surface area (Å²) in [5.41, 5.74) is 3.63. The predicted octanol–water partition coefficient (Wildman–Crippen LogP) is 2.34. The van der Waals surface area contributed by atoms with E-state index in [1.807, 2.05) is 6.92 Å². The zero-order valence-corrected chi connectivity index (χ0v) is 11.6. The number of aromatic nitrogens is 3. The lowest BCUT2D eigenvalue weighted by Crippen LogP contribution is -2.22. The molecule has 1 fully saturated rings. The first-order valence-corrected chi connectivity index (χ1v) is 6.88. The van der Waals surface area contributed by atoms with Gasteiger partial charge in [0.05, 0.1) is 17.4 Å². The summed E-state index contributed by atoms with van der Waals surface area (Å²) in [5.74, 6) is 0. The fourth-order valence-corrected chi connectivity index (χ4v) is 2.76. The van der Waals surface area contributed by atoms with Gasteiger partial charge in [0.25, 0.3) is 0 Å². The minimum absolute atomic E-state index is 0.477. The summed E-state index contributed by atoms with van der Waals surface area (Å²) in [7, 11) is 0. The molecule has 0 saturated carbocycles. The summed E-state index contributed by atoms with van der Waals surface area (Å²) in [4.78, 5) is 2.50. The molecule has 1 aromatic heterocycles. The summed E-state index contributed by atoms with van der Waals surface area (Å²) < 4.78 is 2.10. The first-order valence-electron chi connectivity index (χ1n) is 6.88. The molecular weight excluding hydrogens is 236 g/mol. The van der Waals surface area contributed by atoms with Crippen molar-refractivity contribution in [2.24, 2.45) is 0 Å². The molecule has 2 heterocycles. The predicted molar refractivity (Wildman–Crippen MR) is 74.9 cm³/mol. The third-order valence-corrected chi connectivity index (χ3v) is 4.00. The zero-order chi connectivity index (χ0) is 13.2. The molecular formula is C15H20N4. The average Bonchev–Trinajstić information content (AvgIpc) is 3.00. The molecule has 4 heteroatoms. The maximum atomic E-state index is 4.28. The molecule has 2 aromatic rings. The van der Waals surface area contributed by atoms with Crippen LogP contribution in [0.25, 0.3) is 0 Å². The number of likely N-dealkylation sites (tertiary alicyclic amines) is 1. The lowest BCUT2D eigenvalue weighted by molar-refractivity contribution is 0.309. The van der Waals surface area contributed by atoms with E-state index in [9.17, 15) is 0 Å². The molecule has 0 spiro atoms. The molecule has 1 atom stereocenters. The topological polar surface area (TPSA) is 34.0 Å². The van der Waals surface area contributed by atoms with Crippen molar-refractivity contribution >= 4 is 0 Å². The molecule has 1 aliphatic rings. The van der Waals surface area contributed by atoms with Crippen molar-refractivity contribution in [1.82, 2.24) is 19.9 Å². The fourth-order valence-electron chi connectivity index (χ4n) is 2.76. The second kappa shape index (κ2) is 5.13. The van der Waals surface area contributed by atoms with E-state index in [2.05, 4.69) is 57.1 Å². The zero-order valence-electron chi connectivity index (χ0n) is 11.6. The van der Waals surface area contributed by atoms with Crippen molar-refractivity contribution in [3.63, 3.8) is 0 Å². The van der Waals surface area contributed by atoms with Gasteiger partial charge in [0, 0.05) is 19.6 Å². The minimum atomic E-state index is 0.477. The molecule has 0 N–H and O–H groups in total. The molecule has 1 saturated heterocycles. The van der Waals surface area contributed by atoms with Gasteiger partial charge in [-0.3, -0.25) is 4.90 Å². The van der Waals surface area contributed by atoms with Gasteiger partial charge in [-0.25, -0.2) is 4.68 Å². The number of aryl methyl sites for hydroxylation is 1. The second-order valence-corrected chi connectivity index (χ2v) is 5.37. The highest BCUT2D eigenvalue weighted by atomic mass is 15.5. The molecule has 0 amide bonds. The second-order valence-electron chi connectivity index (χ2n) is 5.37. The quantitative estimate of drug-likeness (QED) is 0.845. The van der Waals surface area contributed by atoms with Crippen LogP contribution in [-0.4, -0.2) is 33.0 Å². The van der Waals surface area contributed by atoms with Crippen LogP contribution in [0.5, 0.6) is 0 Å². The first kappa shape index (κ1) is 12.4. The summed E-state index contributed by atoms with van der Waals surface area (Å²) >= 11 is 0. The molecule has 0 aliphatic carbocycles. The van der Waals surface area contributed by atoms with Crippen LogP contribution in [0, 0.1) is 13.8 Å². The van der Waals surface area contributed by atoms with E-state index < -0.39 is 0 Å². The molecule has 1 aromatic carbocycles. The smallest absolute Gasteiger partial charge is 0.0825 e. The number of benzene rings is 1. The van der Waals surface area contributed by atoms with Crippen LogP contribution >= 0.6 is 0 Å². The van der Waals surface area contributed by atoms with Gasteiger partial charge in [0.2, 0.25) is 0 Å². The lowest BCUT2D eigenvalue weighted by Gasteiger charge is -2.16. The largest absolute Gasteiger partial charge is 0.297 e. The van der Waals surface area contributed by atoms with E-state index in [0.29, 0.717) is 6.04 Å². The fraction of sp³-hybridized carbons (Fsp3) is 0.467. The maximum Gasteiger partial charge on any atom is 0.0825 e. The molecule has 19 heavy (non-hydrogen) atoms. The van der Waals surface area contributed by atoms with Gasteiger partial charge >= 0.3 is 0 Å². The van der Waals surface area contributed by atoms with Crippen molar-refractivity contribution in [3.8, 4) is 0 Å². The van der Waals surface area contributed by atoms with Crippen molar-refractivity contribution in [2.45, 2.75) is 32.9 Å². The number of hydrogen-bond acceptors (Lipinski definition) is 3. The van der Waals surface area contributed by atoms with Crippen molar-refractivity contribution < 1.29 is 0 Å². The maximum absolute atomic E-state index is 4.28. The Kier molecular flexibility index (Phi) is 3.34. The lowest BCUT2D eigenvalue weighted by atomic mass is 10.2. The van der Waals surface area contributed by atoms with Gasteiger partial charge in [-0.15, -0.1) is 5.10 Å². The summed E-state index contributed by atoms with van der Waals surface area (Å²) in [6, 6.07) is 11.1. The van der Waals surface area contributed by atoms with Gasteiger partial charge in [-0.1, -0.05) is 35.5 Å². The summed E-state index contributed by atoms with van der Waals surface area (Å²) in [6.45, 7) is 7.37. The van der Waals surface area contributed by atoms with E-state index in [4.69, 9.17) is 0 Å². The van der Waals surface area contributed by atoms with E-state index in [1.54, 1.807) is 0 Å². The Morgan fingerprint density at radius 1 is 1.21 bits per heavy atom. The third kappa shape index (κ3) is 2.54. The molecule has 4 nitrogen and oxygen atoms in total. The Hall–Kier alpha value is -1.68. The Bertz CT molecular complexity index is 547. The van der Waals surface area contributed by atoms with Crippen LogP contribution in [0.15, 0.2) is 30.3 Å². The van der Waals surface area contributed by atoms with E-state index in [-0.39, 0.29) is 0 Å². The Balaban J connectivity index is 1.66. The molecule has 3 rings (SSSR count). The van der Waals surface area contributed by atoms with Crippen molar-refractivity contribution in [3.05, 3.63) is 47.3 Å².